The van der Waals surface area contributed by atoms with E-state index in [0.29, 0.717) is 16.5 Å². The molecule has 1 heterocycles. The van der Waals surface area contributed by atoms with Gasteiger partial charge in [0.15, 0.2) is 0 Å². The highest BCUT2D eigenvalue weighted by Crippen LogP contribution is 2.30. The summed E-state index contributed by atoms with van der Waals surface area (Å²) in [6.45, 7) is 3.86. The molecule has 0 unspecified atom stereocenters. The smallest absolute Gasteiger partial charge is 0.264 e. The number of nitrogens with zero attached hydrogens (tertiary/aromatic N) is 1. The second-order valence-corrected chi connectivity index (χ2v) is 8.34. The molecule has 1 N–H and O–H groups in total. The van der Waals surface area contributed by atoms with Crippen LogP contribution in [0.2, 0.25) is 5.02 Å². The maximum atomic E-state index is 13.3. The SMILES string of the molecule is C=CCN(c1ccccc1Cl)S(=O)(=O)c1cccc(C(=O)NCc2ccco2)c1. The fourth-order valence-electron chi connectivity index (χ4n) is 2.70. The number of rotatable bonds is 8. The summed E-state index contributed by atoms with van der Waals surface area (Å²) in [7, 11) is -3.97. The molecule has 2 aromatic carbocycles. The van der Waals surface area contributed by atoms with Crippen molar-refractivity contribution < 1.29 is 17.6 Å². The van der Waals surface area contributed by atoms with Gasteiger partial charge in [0.1, 0.15) is 5.76 Å². The molecule has 1 aromatic heterocycles. The molecule has 6 nitrogen and oxygen atoms in total. The molecule has 0 spiro atoms. The van der Waals surface area contributed by atoms with E-state index in [4.69, 9.17) is 16.0 Å². The third-order valence-corrected chi connectivity index (χ3v) is 6.20. The van der Waals surface area contributed by atoms with Crippen LogP contribution in [0.3, 0.4) is 0 Å². The zero-order chi connectivity index (χ0) is 20.9. The lowest BCUT2D eigenvalue weighted by Gasteiger charge is -2.24. The van der Waals surface area contributed by atoms with Crippen molar-refractivity contribution in [3.05, 3.63) is 95.9 Å². The molecule has 1 amide bonds. The van der Waals surface area contributed by atoms with Crippen molar-refractivity contribution in [2.45, 2.75) is 11.4 Å². The van der Waals surface area contributed by atoms with Crippen LogP contribution in [0.25, 0.3) is 0 Å². The number of hydrogen-bond donors (Lipinski definition) is 1. The van der Waals surface area contributed by atoms with Gasteiger partial charge in [-0.3, -0.25) is 9.10 Å². The first-order chi connectivity index (χ1) is 13.9. The van der Waals surface area contributed by atoms with E-state index in [2.05, 4.69) is 11.9 Å². The third-order valence-electron chi connectivity index (χ3n) is 4.10. The maximum Gasteiger partial charge on any atom is 0.264 e. The molecular weight excluding hydrogens is 412 g/mol. The number of carbonyl (C=O) groups is 1. The Morgan fingerprint density at radius 3 is 2.62 bits per heavy atom. The summed E-state index contributed by atoms with van der Waals surface area (Å²) in [4.78, 5) is 12.4. The number of furan rings is 1. The fourth-order valence-corrected chi connectivity index (χ4v) is 4.49. The summed E-state index contributed by atoms with van der Waals surface area (Å²) in [5.41, 5.74) is 0.553. The number of hydrogen-bond acceptors (Lipinski definition) is 4. The molecule has 0 saturated heterocycles. The van der Waals surface area contributed by atoms with E-state index >= 15 is 0 Å². The minimum Gasteiger partial charge on any atom is -0.467 e. The molecule has 3 rings (SSSR count). The van der Waals surface area contributed by atoms with Gasteiger partial charge in [-0.2, -0.15) is 0 Å². The van der Waals surface area contributed by atoms with Crippen molar-refractivity contribution >= 4 is 33.2 Å². The number of sulfonamides is 1. The molecule has 3 aromatic rings. The summed E-state index contributed by atoms with van der Waals surface area (Å²) < 4.78 is 32.9. The Morgan fingerprint density at radius 1 is 1.14 bits per heavy atom. The van der Waals surface area contributed by atoms with Crippen LogP contribution in [-0.2, 0) is 16.6 Å². The first-order valence-electron chi connectivity index (χ1n) is 8.72. The molecule has 0 bridgehead atoms. The van der Waals surface area contributed by atoms with E-state index in [1.807, 2.05) is 0 Å². The lowest BCUT2D eigenvalue weighted by atomic mass is 10.2. The number of para-hydroxylation sites is 1. The van der Waals surface area contributed by atoms with Crippen LogP contribution >= 0.6 is 11.6 Å². The third kappa shape index (κ3) is 4.70. The molecule has 0 aliphatic carbocycles. The van der Waals surface area contributed by atoms with E-state index < -0.39 is 15.9 Å². The number of benzene rings is 2. The number of nitrogens with one attached hydrogen (secondary N) is 1. The van der Waals surface area contributed by atoms with E-state index in [9.17, 15) is 13.2 Å². The van der Waals surface area contributed by atoms with Gasteiger partial charge in [-0.15, -0.1) is 6.58 Å². The predicted octanol–water partition coefficient (Wildman–Crippen LogP) is 4.24. The van der Waals surface area contributed by atoms with Gasteiger partial charge in [0.25, 0.3) is 15.9 Å². The van der Waals surface area contributed by atoms with Gasteiger partial charge in [0, 0.05) is 5.56 Å². The standard InChI is InChI=1S/C21H19ClN2O4S/c1-2-12-24(20-11-4-3-10-19(20)22)29(26,27)18-9-5-7-16(14-18)21(25)23-15-17-8-6-13-28-17/h2-11,13-14H,1,12,15H2,(H,23,25). The zero-order valence-corrected chi connectivity index (χ0v) is 17.0. The Labute approximate surface area is 174 Å². The predicted molar refractivity (Wildman–Crippen MR) is 113 cm³/mol. The summed E-state index contributed by atoms with van der Waals surface area (Å²) >= 11 is 6.21. The van der Waals surface area contributed by atoms with Crippen LogP contribution in [-0.4, -0.2) is 20.9 Å². The van der Waals surface area contributed by atoms with Crippen molar-refractivity contribution in [3.63, 3.8) is 0 Å². The van der Waals surface area contributed by atoms with E-state index in [0.717, 1.165) is 4.31 Å². The van der Waals surface area contributed by atoms with Crippen molar-refractivity contribution in [1.82, 2.24) is 5.32 Å². The first kappa shape index (κ1) is 20.7. The van der Waals surface area contributed by atoms with Crippen LogP contribution in [0, 0.1) is 0 Å². The average Bonchev–Trinajstić information content (AvgIpc) is 3.24. The zero-order valence-electron chi connectivity index (χ0n) is 15.4. The molecule has 0 aliphatic rings. The highest BCUT2D eigenvalue weighted by molar-refractivity contribution is 7.92. The molecule has 0 radical (unpaired) electrons. The van der Waals surface area contributed by atoms with Crippen molar-refractivity contribution in [1.29, 1.82) is 0 Å². The Morgan fingerprint density at radius 2 is 1.93 bits per heavy atom. The highest BCUT2D eigenvalue weighted by atomic mass is 35.5. The molecule has 150 valence electrons. The molecule has 0 atom stereocenters. The van der Waals surface area contributed by atoms with Crippen LogP contribution in [0.5, 0.6) is 0 Å². The summed E-state index contributed by atoms with van der Waals surface area (Å²) in [6.07, 6.45) is 2.98. The number of amides is 1. The van der Waals surface area contributed by atoms with Crippen LogP contribution in [0.1, 0.15) is 16.1 Å². The Hall–Kier alpha value is -3.03. The molecule has 0 saturated carbocycles. The van der Waals surface area contributed by atoms with Crippen molar-refractivity contribution in [2.24, 2.45) is 0 Å². The minimum absolute atomic E-state index is 0.0232. The molecular formula is C21H19ClN2O4S. The number of anilines is 1. The topological polar surface area (TPSA) is 79.6 Å². The van der Waals surface area contributed by atoms with Gasteiger partial charge in [-0.25, -0.2) is 8.42 Å². The van der Waals surface area contributed by atoms with Crippen LogP contribution in [0.15, 0.2) is 88.9 Å². The minimum atomic E-state index is -3.97. The monoisotopic (exact) mass is 430 g/mol. The number of halogens is 1. The first-order valence-corrected chi connectivity index (χ1v) is 10.5. The average molecular weight is 431 g/mol. The van der Waals surface area contributed by atoms with Gasteiger partial charge in [-0.05, 0) is 42.5 Å². The van der Waals surface area contributed by atoms with Gasteiger partial charge in [0.2, 0.25) is 0 Å². The van der Waals surface area contributed by atoms with E-state index in [1.165, 1.54) is 30.5 Å². The number of carbonyl (C=O) groups excluding carboxylic acids is 1. The van der Waals surface area contributed by atoms with Crippen molar-refractivity contribution in [2.75, 3.05) is 10.8 Å². The normalized spacial score (nSPS) is 11.1. The van der Waals surface area contributed by atoms with Gasteiger partial charge in [-0.1, -0.05) is 35.9 Å². The van der Waals surface area contributed by atoms with Crippen LogP contribution < -0.4 is 9.62 Å². The van der Waals surface area contributed by atoms with Gasteiger partial charge < -0.3 is 9.73 Å². The van der Waals surface area contributed by atoms with Crippen molar-refractivity contribution in [3.8, 4) is 0 Å². The second kappa shape index (κ2) is 8.98. The molecule has 8 heteroatoms. The fraction of sp³-hybridized carbons (Fsp3) is 0.0952. The second-order valence-electron chi connectivity index (χ2n) is 6.07. The Kier molecular flexibility index (Phi) is 6.41. The molecule has 0 aliphatic heterocycles. The lowest BCUT2D eigenvalue weighted by Crippen LogP contribution is -2.31. The highest BCUT2D eigenvalue weighted by Gasteiger charge is 2.26. The summed E-state index contributed by atoms with van der Waals surface area (Å²) in [6, 6.07) is 15.9. The Balaban J connectivity index is 1.89. The quantitative estimate of drug-likeness (QED) is 0.542. The van der Waals surface area contributed by atoms with Gasteiger partial charge >= 0.3 is 0 Å². The van der Waals surface area contributed by atoms with Crippen LogP contribution in [0.4, 0.5) is 5.69 Å². The Bertz CT molecular complexity index is 1110. The van der Waals surface area contributed by atoms with E-state index in [-0.39, 0.29) is 23.5 Å². The largest absolute Gasteiger partial charge is 0.467 e. The van der Waals surface area contributed by atoms with E-state index in [1.54, 1.807) is 42.5 Å². The summed E-state index contributed by atoms with van der Waals surface area (Å²) in [5, 5.41) is 2.99. The maximum absolute atomic E-state index is 13.3. The van der Waals surface area contributed by atoms with Gasteiger partial charge in [0.05, 0.1) is 35.0 Å². The lowest BCUT2D eigenvalue weighted by molar-refractivity contribution is 0.0948. The molecule has 29 heavy (non-hydrogen) atoms. The summed E-state index contributed by atoms with van der Waals surface area (Å²) in [5.74, 6) is 0.185. The molecule has 0 fully saturated rings.